The Kier molecular flexibility index (Phi) is 3.48. The first-order valence-electron chi connectivity index (χ1n) is 4.84. The lowest BCUT2D eigenvalue weighted by Crippen LogP contribution is -2.16. The second-order valence-corrected chi connectivity index (χ2v) is 3.62. The molecule has 0 fully saturated rings. The summed E-state index contributed by atoms with van der Waals surface area (Å²) in [5.41, 5.74) is 8.65. The van der Waals surface area contributed by atoms with E-state index in [0.717, 1.165) is 5.56 Å². The van der Waals surface area contributed by atoms with Crippen molar-refractivity contribution in [3.63, 3.8) is 0 Å². The molecule has 0 bridgehead atoms. The molecule has 0 spiro atoms. The van der Waals surface area contributed by atoms with E-state index < -0.39 is 10.5 Å². The van der Waals surface area contributed by atoms with Crippen molar-refractivity contribution in [2.75, 3.05) is 0 Å². The largest absolute Gasteiger partial charge is 0.269 e. The van der Waals surface area contributed by atoms with Gasteiger partial charge in [-0.05, 0) is 24.4 Å². The predicted octanol–water partition coefficient (Wildman–Crippen LogP) is 3.53. The maximum Gasteiger partial charge on any atom is 0.269 e. The normalized spacial score (nSPS) is 13.6. The van der Waals surface area contributed by atoms with Crippen LogP contribution in [0.1, 0.15) is 25.8 Å². The molecule has 6 heteroatoms. The minimum absolute atomic E-state index is 0.0307. The van der Waals surface area contributed by atoms with Crippen LogP contribution in [0.15, 0.2) is 29.4 Å². The molecule has 0 aliphatic carbocycles. The highest BCUT2D eigenvalue weighted by Gasteiger charge is 2.23. The van der Waals surface area contributed by atoms with Crippen LogP contribution in [-0.2, 0) is 5.54 Å². The number of benzene rings is 1. The smallest absolute Gasteiger partial charge is 0.258 e. The third-order valence-corrected chi connectivity index (χ3v) is 2.65. The van der Waals surface area contributed by atoms with E-state index in [1.165, 1.54) is 12.1 Å². The van der Waals surface area contributed by atoms with Gasteiger partial charge in [-0.15, -0.1) is 0 Å². The van der Waals surface area contributed by atoms with Crippen molar-refractivity contribution in [1.82, 2.24) is 0 Å². The van der Waals surface area contributed by atoms with Crippen molar-refractivity contribution in [3.05, 3.63) is 50.4 Å². The first-order chi connectivity index (χ1) is 7.53. The van der Waals surface area contributed by atoms with Crippen LogP contribution < -0.4 is 0 Å². The van der Waals surface area contributed by atoms with Gasteiger partial charge < -0.3 is 0 Å². The summed E-state index contributed by atoms with van der Waals surface area (Å²) < 4.78 is 0. The van der Waals surface area contributed by atoms with Gasteiger partial charge in [0.1, 0.15) is 0 Å². The second kappa shape index (κ2) is 4.63. The molecule has 1 aromatic rings. The average molecular weight is 220 g/mol. The maximum absolute atomic E-state index is 10.5. The topological polar surface area (TPSA) is 91.9 Å². The fourth-order valence-electron chi connectivity index (χ4n) is 1.37. The standard InChI is InChI=1S/C10H12N4O2/c1-3-10(2,12-13-11)8-4-6-9(7-5-8)14(15)16/h4-7H,3H2,1-2H3. The number of nitro groups is 1. The van der Waals surface area contributed by atoms with Gasteiger partial charge in [0.25, 0.3) is 5.69 Å². The van der Waals surface area contributed by atoms with Crippen LogP contribution in [0.25, 0.3) is 10.4 Å². The van der Waals surface area contributed by atoms with Crippen molar-refractivity contribution in [3.8, 4) is 0 Å². The minimum Gasteiger partial charge on any atom is -0.258 e. The zero-order valence-corrected chi connectivity index (χ0v) is 9.12. The third-order valence-electron chi connectivity index (χ3n) is 2.65. The maximum atomic E-state index is 10.5. The predicted molar refractivity (Wildman–Crippen MR) is 59.9 cm³/mol. The van der Waals surface area contributed by atoms with Gasteiger partial charge in [0.15, 0.2) is 0 Å². The highest BCUT2D eigenvalue weighted by molar-refractivity contribution is 5.35. The Morgan fingerprint density at radius 1 is 1.50 bits per heavy atom. The molecule has 6 nitrogen and oxygen atoms in total. The number of hydrogen-bond donors (Lipinski definition) is 0. The summed E-state index contributed by atoms with van der Waals surface area (Å²) in [6.45, 7) is 3.70. The zero-order chi connectivity index (χ0) is 12.2. The van der Waals surface area contributed by atoms with Crippen molar-refractivity contribution in [1.29, 1.82) is 0 Å². The molecule has 1 rings (SSSR count). The van der Waals surface area contributed by atoms with Gasteiger partial charge in [0.05, 0.1) is 10.5 Å². The zero-order valence-electron chi connectivity index (χ0n) is 9.12. The van der Waals surface area contributed by atoms with Gasteiger partial charge in [0.2, 0.25) is 0 Å². The number of non-ortho nitro benzene ring substituents is 1. The summed E-state index contributed by atoms with van der Waals surface area (Å²) in [6.07, 6.45) is 0.634. The van der Waals surface area contributed by atoms with Gasteiger partial charge in [-0.25, -0.2) is 0 Å². The highest BCUT2D eigenvalue weighted by atomic mass is 16.6. The molecule has 1 atom stereocenters. The fraction of sp³-hybridized carbons (Fsp3) is 0.400. The lowest BCUT2D eigenvalue weighted by molar-refractivity contribution is -0.384. The second-order valence-electron chi connectivity index (χ2n) is 3.62. The van der Waals surface area contributed by atoms with E-state index in [9.17, 15) is 10.1 Å². The highest BCUT2D eigenvalue weighted by Crippen LogP contribution is 2.30. The molecule has 0 aliphatic heterocycles. The molecule has 1 aromatic carbocycles. The number of rotatable bonds is 4. The number of nitro benzene ring substituents is 1. The summed E-state index contributed by atoms with van der Waals surface area (Å²) in [5.74, 6) is 0. The van der Waals surface area contributed by atoms with Crippen LogP contribution in [0.5, 0.6) is 0 Å². The average Bonchev–Trinajstić information content (AvgIpc) is 2.29. The lowest BCUT2D eigenvalue weighted by Gasteiger charge is -2.22. The van der Waals surface area contributed by atoms with Crippen molar-refractivity contribution in [2.45, 2.75) is 25.8 Å². The van der Waals surface area contributed by atoms with Crippen molar-refractivity contribution < 1.29 is 4.92 Å². The van der Waals surface area contributed by atoms with E-state index >= 15 is 0 Å². The summed E-state index contributed by atoms with van der Waals surface area (Å²) in [5, 5.41) is 14.2. The van der Waals surface area contributed by atoms with Gasteiger partial charge in [-0.3, -0.25) is 10.1 Å². The van der Waals surface area contributed by atoms with Crippen LogP contribution in [0.3, 0.4) is 0 Å². The molecule has 0 aliphatic rings. The van der Waals surface area contributed by atoms with Crippen LogP contribution in [0.4, 0.5) is 5.69 Å². The Bertz CT molecular complexity index is 437. The lowest BCUT2D eigenvalue weighted by atomic mass is 9.90. The summed E-state index contributed by atoms with van der Waals surface area (Å²) in [6, 6.07) is 6.07. The Balaban J connectivity index is 3.13. The van der Waals surface area contributed by atoms with Crippen molar-refractivity contribution in [2.24, 2.45) is 5.11 Å². The van der Waals surface area contributed by atoms with Crippen LogP contribution in [-0.4, -0.2) is 4.92 Å². The van der Waals surface area contributed by atoms with Crippen molar-refractivity contribution >= 4 is 5.69 Å². The molecule has 0 amide bonds. The molecule has 0 heterocycles. The van der Waals surface area contributed by atoms with E-state index in [1.54, 1.807) is 19.1 Å². The van der Waals surface area contributed by atoms with Gasteiger partial charge in [-0.2, -0.15) is 0 Å². The first-order valence-corrected chi connectivity index (χ1v) is 4.84. The Labute approximate surface area is 92.7 Å². The van der Waals surface area contributed by atoms with E-state index in [-0.39, 0.29) is 5.69 Å². The molecule has 16 heavy (non-hydrogen) atoms. The molecule has 0 N–H and O–H groups in total. The summed E-state index contributed by atoms with van der Waals surface area (Å²) >= 11 is 0. The Hall–Kier alpha value is -2.07. The molecule has 1 unspecified atom stereocenters. The van der Waals surface area contributed by atoms with E-state index in [0.29, 0.717) is 6.42 Å². The summed E-state index contributed by atoms with van der Waals surface area (Å²) in [7, 11) is 0. The first kappa shape index (κ1) is 12.0. The minimum atomic E-state index is -0.649. The Morgan fingerprint density at radius 2 is 2.06 bits per heavy atom. The summed E-state index contributed by atoms with van der Waals surface area (Å²) in [4.78, 5) is 12.8. The fourth-order valence-corrected chi connectivity index (χ4v) is 1.37. The third kappa shape index (κ3) is 2.29. The number of hydrogen-bond acceptors (Lipinski definition) is 3. The molecule has 0 saturated heterocycles. The molecule has 84 valence electrons. The molecule has 0 radical (unpaired) electrons. The number of nitrogens with zero attached hydrogens (tertiary/aromatic N) is 4. The van der Waals surface area contributed by atoms with Gasteiger partial charge in [0, 0.05) is 17.0 Å². The SMILES string of the molecule is CCC(C)(N=[N+]=[N-])c1ccc([N+](=O)[O-])cc1. The van der Waals surface area contributed by atoms with E-state index in [4.69, 9.17) is 5.53 Å². The molecular formula is C10H12N4O2. The van der Waals surface area contributed by atoms with E-state index in [2.05, 4.69) is 10.0 Å². The van der Waals surface area contributed by atoms with Gasteiger partial charge in [-0.1, -0.05) is 24.2 Å². The van der Waals surface area contributed by atoms with E-state index in [1.807, 2.05) is 6.92 Å². The van der Waals surface area contributed by atoms with Crippen LogP contribution in [0.2, 0.25) is 0 Å². The Morgan fingerprint density at radius 3 is 2.44 bits per heavy atom. The molecule has 0 saturated carbocycles. The van der Waals surface area contributed by atoms with Crippen LogP contribution in [0, 0.1) is 10.1 Å². The van der Waals surface area contributed by atoms with Crippen LogP contribution >= 0.6 is 0 Å². The quantitative estimate of drug-likeness (QED) is 0.255. The number of azide groups is 1. The molecule has 0 aromatic heterocycles. The monoisotopic (exact) mass is 220 g/mol. The molecular weight excluding hydrogens is 208 g/mol. The van der Waals surface area contributed by atoms with Gasteiger partial charge >= 0.3 is 0 Å².